The normalized spacial score (nSPS) is 13.8. The molecule has 0 fully saturated rings. The van der Waals surface area contributed by atoms with Crippen molar-refractivity contribution in [2.24, 2.45) is 0 Å². The molecule has 14 heavy (non-hydrogen) atoms. The smallest absolute Gasteiger partial charge is 0.221 e. The van der Waals surface area contributed by atoms with Crippen LogP contribution in [-0.4, -0.2) is 24.0 Å². The largest absolute Gasteiger partial charge is 0.351 e. The van der Waals surface area contributed by atoms with E-state index < -0.39 is 0 Å². The van der Waals surface area contributed by atoms with Gasteiger partial charge in [0, 0.05) is 18.0 Å². The first-order valence-electron chi connectivity index (χ1n) is 5.45. The molecule has 0 heterocycles. The predicted octanol–water partition coefficient (Wildman–Crippen LogP) is 1.68. The zero-order valence-corrected chi connectivity index (χ0v) is 10.1. The van der Waals surface area contributed by atoms with Crippen molar-refractivity contribution in [1.82, 2.24) is 10.6 Å². The molecule has 0 radical (unpaired) electrons. The molecule has 0 bridgehead atoms. The molecule has 0 aromatic rings. The molecule has 0 spiro atoms. The first-order valence-corrected chi connectivity index (χ1v) is 5.45. The Morgan fingerprint density at radius 2 is 1.93 bits per heavy atom. The SMILES string of the molecule is CCNC(C)CC(=O)NC(C)(C)CC. The third-order valence-electron chi connectivity index (χ3n) is 2.41. The summed E-state index contributed by atoms with van der Waals surface area (Å²) in [5.41, 5.74) is -0.0803. The van der Waals surface area contributed by atoms with Gasteiger partial charge in [0.05, 0.1) is 0 Å². The molecule has 1 unspecified atom stereocenters. The molecule has 0 saturated heterocycles. The van der Waals surface area contributed by atoms with E-state index in [2.05, 4.69) is 17.6 Å². The maximum atomic E-state index is 11.6. The quantitative estimate of drug-likeness (QED) is 0.685. The lowest BCUT2D eigenvalue weighted by molar-refractivity contribution is -0.123. The van der Waals surface area contributed by atoms with Gasteiger partial charge in [0.15, 0.2) is 0 Å². The average Bonchev–Trinajstić information content (AvgIpc) is 2.03. The zero-order valence-electron chi connectivity index (χ0n) is 10.1. The molecule has 2 N–H and O–H groups in total. The molecule has 0 aliphatic rings. The summed E-state index contributed by atoms with van der Waals surface area (Å²) in [7, 11) is 0. The van der Waals surface area contributed by atoms with Gasteiger partial charge in [-0.25, -0.2) is 0 Å². The van der Waals surface area contributed by atoms with Crippen LogP contribution in [0.4, 0.5) is 0 Å². The minimum atomic E-state index is -0.0803. The number of carbonyl (C=O) groups excluding carboxylic acids is 1. The highest BCUT2D eigenvalue weighted by Crippen LogP contribution is 2.07. The molecule has 84 valence electrons. The van der Waals surface area contributed by atoms with Gasteiger partial charge in [-0.05, 0) is 33.7 Å². The summed E-state index contributed by atoms with van der Waals surface area (Å²) < 4.78 is 0. The highest BCUT2D eigenvalue weighted by molar-refractivity contribution is 5.77. The molecule has 0 rings (SSSR count). The van der Waals surface area contributed by atoms with Crippen LogP contribution in [-0.2, 0) is 4.79 Å². The average molecular weight is 200 g/mol. The monoisotopic (exact) mass is 200 g/mol. The number of nitrogens with one attached hydrogen (secondary N) is 2. The third kappa shape index (κ3) is 5.97. The minimum Gasteiger partial charge on any atom is -0.351 e. The van der Waals surface area contributed by atoms with E-state index >= 15 is 0 Å². The zero-order chi connectivity index (χ0) is 11.2. The fourth-order valence-corrected chi connectivity index (χ4v) is 1.22. The van der Waals surface area contributed by atoms with Crippen LogP contribution in [0.1, 0.15) is 47.5 Å². The fourth-order valence-electron chi connectivity index (χ4n) is 1.22. The molecule has 1 atom stereocenters. The Labute approximate surface area is 87.6 Å². The van der Waals surface area contributed by atoms with Crippen molar-refractivity contribution >= 4 is 5.91 Å². The lowest BCUT2D eigenvalue weighted by atomic mass is 10.0. The van der Waals surface area contributed by atoms with Crippen molar-refractivity contribution in [3.63, 3.8) is 0 Å². The van der Waals surface area contributed by atoms with Crippen LogP contribution in [0.15, 0.2) is 0 Å². The molecule has 3 heteroatoms. The summed E-state index contributed by atoms with van der Waals surface area (Å²) in [5.74, 6) is 0.130. The predicted molar refractivity (Wildman–Crippen MR) is 60.3 cm³/mol. The van der Waals surface area contributed by atoms with E-state index in [0.29, 0.717) is 6.42 Å². The Morgan fingerprint density at radius 1 is 1.36 bits per heavy atom. The summed E-state index contributed by atoms with van der Waals surface area (Å²) in [6, 6.07) is 0.257. The summed E-state index contributed by atoms with van der Waals surface area (Å²) in [6.45, 7) is 11.2. The standard InChI is InChI=1S/C11H24N2O/c1-6-11(4,5)13-10(14)8-9(3)12-7-2/h9,12H,6-8H2,1-5H3,(H,13,14). The van der Waals surface area contributed by atoms with Crippen LogP contribution in [0.5, 0.6) is 0 Å². The molecule has 0 aromatic carbocycles. The Hall–Kier alpha value is -0.570. The van der Waals surface area contributed by atoms with Crippen molar-refractivity contribution in [1.29, 1.82) is 0 Å². The van der Waals surface area contributed by atoms with Gasteiger partial charge in [-0.3, -0.25) is 4.79 Å². The van der Waals surface area contributed by atoms with Crippen LogP contribution in [0.2, 0.25) is 0 Å². The third-order valence-corrected chi connectivity index (χ3v) is 2.41. The Morgan fingerprint density at radius 3 is 2.36 bits per heavy atom. The lowest BCUT2D eigenvalue weighted by Gasteiger charge is -2.25. The van der Waals surface area contributed by atoms with Crippen LogP contribution >= 0.6 is 0 Å². The van der Waals surface area contributed by atoms with Gasteiger partial charge in [-0.1, -0.05) is 13.8 Å². The van der Waals surface area contributed by atoms with Crippen molar-refractivity contribution in [2.45, 2.75) is 59.0 Å². The molecule has 3 nitrogen and oxygen atoms in total. The highest BCUT2D eigenvalue weighted by Gasteiger charge is 2.18. The minimum absolute atomic E-state index is 0.0803. The molecular formula is C11H24N2O. The van der Waals surface area contributed by atoms with E-state index in [-0.39, 0.29) is 17.5 Å². The number of rotatable bonds is 6. The van der Waals surface area contributed by atoms with Crippen molar-refractivity contribution < 1.29 is 4.79 Å². The van der Waals surface area contributed by atoms with Gasteiger partial charge < -0.3 is 10.6 Å². The van der Waals surface area contributed by atoms with Crippen LogP contribution < -0.4 is 10.6 Å². The van der Waals surface area contributed by atoms with Crippen molar-refractivity contribution in [3.05, 3.63) is 0 Å². The first-order chi connectivity index (χ1) is 6.41. The first kappa shape index (κ1) is 13.4. The van der Waals surface area contributed by atoms with E-state index in [1.807, 2.05) is 27.7 Å². The second kappa shape index (κ2) is 6.02. The van der Waals surface area contributed by atoms with Gasteiger partial charge in [0.25, 0.3) is 0 Å². The summed E-state index contributed by atoms with van der Waals surface area (Å²) in [4.78, 5) is 11.6. The van der Waals surface area contributed by atoms with Gasteiger partial charge in [-0.15, -0.1) is 0 Å². The van der Waals surface area contributed by atoms with Crippen LogP contribution in [0, 0.1) is 0 Å². The van der Waals surface area contributed by atoms with E-state index in [1.54, 1.807) is 0 Å². The second-order valence-electron chi connectivity index (χ2n) is 4.45. The van der Waals surface area contributed by atoms with Gasteiger partial charge in [0.1, 0.15) is 0 Å². The van der Waals surface area contributed by atoms with E-state index in [0.717, 1.165) is 13.0 Å². The topological polar surface area (TPSA) is 41.1 Å². The Balaban J connectivity index is 3.86. The number of hydrogen-bond donors (Lipinski definition) is 2. The van der Waals surface area contributed by atoms with Gasteiger partial charge >= 0.3 is 0 Å². The van der Waals surface area contributed by atoms with Crippen LogP contribution in [0.3, 0.4) is 0 Å². The van der Waals surface area contributed by atoms with Crippen molar-refractivity contribution in [2.75, 3.05) is 6.54 Å². The molecular weight excluding hydrogens is 176 g/mol. The maximum absolute atomic E-state index is 11.6. The van der Waals surface area contributed by atoms with E-state index in [4.69, 9.17) is 0 Å². The molecule has 0 aliphatic heterocycles. The van der Waals surface area contributed by atoms with E-state index in [9.17, 15) is 4.79 Å². The number of carbonyl (C=O) groups is 1. The number of hydrogen-bond acceptors (Lipinski definition) is 2. The Bertz CT molecular complexity index is 178. The second-order valence-corrected chi connectivity index (χ2v) is 4.45. The van der Waals surface area contributed by atoms with Gasteiger partial charge in [0.2, 0.25) is 5.91 Å². The molecule has 1 amide bonds. The van der Waals surface area contributed by atoms with E-state index in [1.165, 1.54) is 0 Å². The summed E-state index contributed by atoms with van der Waals surface area (Å²) >= 11 is 0. The maximum Gasteiger partial charge on any atom is 0.221 e. The molecule has 0 aliphatic carbocycles. The van der Waals surface area contributed by atoms with Gasteiger partial charge in [-0.2, -0.15) is 0 Å². The number of amides is 1. The van der Waals surface area contributed by atoms with Crippen molar-refractivity contribution in [3.8, 4) is 0 Å². The summed E-state index contributed by atoms with van der Waals surface area (Å²) in [5, 5.41) is 6.24. The lowest BCUT2D eigenvalue weighted by Crippen LogP contribution is -2.44. The summed E-state index contributed by atoms with van der Waals surface area (Å²) in [6.07, 6.45) is 1.51. The highest BCUT2D eigenvalue weighted by atomic mass is 16.1. The molecule has 0 aromatic heterocycles. The van der Waals surface area contributed by atoms with Crippen LogP contribution in [0.25, 0.3) is 0 Å². The fraction of sp³-hybridized carbons (Fsp3) is 0.909. The molecule has 0 saturated carbocycles. The Kier molecular flexibility index (Phi) is 5.77.